The maximum atomic E-state index is 14.0. The van der Waals surface area contributed by atoms with Crippen molar-refractivity contribution in [3.05, 3.63) is 75.9 Å². The summed E-state index contributed by atoms with van der Waals surface area (Å²) in [5.41, 5.74) is 14.2. The predicted molar refractivity (Wildman–Crippen MR) is 224 cm³/mol. The largest absolute Gasteiger partial charge is 0.493 e. The van der Waals surface area contributed by atoms with Gasteiger partial charge in [-0.2, -0.15) is 0 Å². The summed E-state index contributed by atoms with van der Waals surface area (Å²) in [6, 6.07) is 13.4. The lowest BCUT2D eigenvalue weighted by molar-refractivity contribution is -0.00167. The van der Waals surface area contributed by atoms with E-state index in [1.807, 2.05) is 38.1 Å². The van der Waals surface area contributed by atoms with Gasteiger partial charge in [0.2, 0.25) is 0 Å². The summed E-state index contributed by atoms with van der Waals surface area (Å²) in [7, 11) is 0. The molecule has 16 heteroatoms. The topological polar surface area (TPSA) is 155 Å². The molecule has 13 nitrogen and oxygen atoms in total. The molecule has 2 aromatic carbocycles. The number of aromatic nitrogens is 1. The number of para-hydroxylation sites is 1. The van der Waals surface area contributed by atoms with Gasteiger partial charge in [-0.25, -0.2) is 13.8 Å². The molecule has 0 unspecified atom stereocenters. The summed E-state index contributed by atoms with van der Waals surface area (Å²) in [5, 5.41) is 0.138. The summed E-state index contributed by atoms with van der Waals surface area (Å²) in [5.74, 6) is -0.450. The summed E-state index contributed by atoms with van der Waals surface area (Å²) in [6.07, 6.45) is -0.559. The van der Waals surface area contributed by atoms with Crippen LogP contribution in [-0.4, -0.2) is 138 Å². The number of rotatable bonds is 24. The van der Waals surface area contributed by atoms with Crippen molar-refractivity contribution in [1.29, 1.82) is 0 Å². The van der Waals surface area contributed by atoms with E-state index >= 15 is 0 Å². The van der Waals surface area contributed by atoms with Crippen LogP contribution in [0.4, 0.5) is 14.5 Å². The molecule has 4 N–H and O–H groups in total. The number of alkyl halides is 2. The molecule has 1 aromatic heterocycles. The first-order valence-corrected chi connectivity index (χ1v) is 21.0. The smallest absolute Gasteiger partial charge is 0.269 e. The second-order valence-corrected chi connectivity index (χ2v) is 14.9. The molecule has 0 bridgehead atoms. The molecule has 0 saturated carbocycles. The first-order valence-electron chi connectivity index (χ1n) is 20.6. The molecule has 2 aliphatic rings. The highest BCUT2D eigenvalue weighted by Crippen LogP contribution is 2.41. The van der Waals surface area contributed by atoms with Gasteiger partial charge in [0.1, 0.15) is 5.75 Å². The fraction of sp³-hybridized carbons (Fsp3) is 0.558. The van der Waals surface area contributed by atoms with Gasteiger partial charge in [-0.15, -0.1) is 0 Å². The van der Waals surface area contributed by atoms with E-state index in [-0.39, 0.29) is 41.3 Å². The number of halogens is 3. The van der Waals surface area contributed by atoms with Gasteiger partial charge in [0.15, 0.2) is 5.69 Å². The Balaban J connectivity index is 1.30. The predicted octanol–water partition coefficient (Wildman–Crippen LogP) is 5.78. The number of likely N-dealkylation sites (tertiary alicyclic amines) is 1. The van der Waals surface area contributed by atoms with Crippen molar-refractivity contribution < 1.29 is 42.1 Å². The second-order valence-electron chi connectivity index (χ2n) is 14.5. The molecule has 5 rings (SSSR count). The molecular weight excluding hydrogens is 786 g/mol. The van der Waals surface area contributed by atoms with Crippen molar-refractivity contribution in [2.24, 2.45) is 11.5 Å². The lowest BCUT2D eigenvalue weighted by atomic mass is 9.91. The van der Waals surface area contributed by atoms with Crippen LogP contribution in [0.3, 0.4) is 0 Å². The van der Waals surface area contributed by atoms with Crippen molar-refractivity contribution in [2.45, 2.75) is 51.5 Å². The zero-order valence-corrected chi connectivity index (χ0v) is 35.0. The number of carbonyl (C=O) groups excluding carboxylic acids is 2. The van der Waals surface area contributed by atoms with Crippen molar-refractivity contribution in [1.82, 2.24) is 14.8 Å². The summed E-state index contributed by atoms with van der Waals surface area (Å²) in [6.45, 7) is 12.3. The quantitative estimate of drug-likeness (QED) is 0.106. The lowest BCUT2D eigenvalue weighted by Crippen LogP contribution is -2.55. The Kier molecular flexibility index (Phi) is 18.5. The average Bonchev–Trinajstić information content (AvgIpc) is 3.72. The molecule has 0 radical (unpaired) electrons. The van der Waals surface area contributed by atoms with E-state index in [2.05, 4.69) is 15.9 Å². The second kappa shape index (κ2) is 23.7. The van der Waals surface area contributed by atoms with E-state index in [0.29, 0.717) is 96.1 Å². The van der Waals surface area contributed by atoms with Crippen LogP contribution in [0.1, 0.15) is 77.4 Å². The van der Waals surface area contributed by atoms with Crippen LogP contribution in [0, 0.1) is 0 Å². The third-order valence-corrected chi connectivity index (χ3v) is 10.8. The molecule has 0 aliphatic carbocycles. The Morgan fingerprint density at radius 3 is 2.25 bits per heavy atom. The maximum Gasteiger partial charge on any atom is 0.269 e. The van der Waals surface area contributed by atoms with Crippen LogP contribution < -0.4 is 21.1 Å². The Morgan fingerprint density at radius 1 is 0.898 bits per heavy atom. The SMILES string of the molecule is CCOc1ccccc1-c1cc([C@H]2CCN(CCCOCCOCCOCCOCCN)C2)c(N2CCN(C(=O)c3ccc(Cl)cc3C(F)F)C[C@H]2CC)c(C(N)=O)n1. The van der Waals surface area contributed by atoms with E-state index in [0.717, 1.165) is 49.7 Å². The normalized spacial score (nSPS) is 17.3. The van der Waals surface area contributed by atoms with Crippen LogP contribution >= 0.6 is 11.6 Å². The maximum absolute atomic E-state index is 14.0. The van der Waals surface area contributed by atoms with Gasteiger partial charge in [-0.1, -0.05) is 30.7 Å². The van der Waals surface area contributed by atoms with Gasteiger partial charge in [-0.3, -0.25) is 9.59 Å². The molecule has 0 spiro atoms. The molecule has 59 heavy (non-hydrogen) atoms. The first kappa shape index (κ1) is 46.1. The molecular formula is C43H59ClF2N6O7. The molecule has 2 atom stereocenters. The highest BCUT2D eigenvalue weighted by atomic mass is 35.5. The molecule has 2 amide bonds. The Labute approximate surface area is 351 Å². The van der Waals surface area contributed by atoms with Crippen LogP contribution in [0.2, 0.25) is 5.02 Å². The van der Waals surface area contributed by atoms with Crippen LogP contribution in [0.15, 0.2) is 48.5 Å². The van der Waals surface area contributed by atoms with Gasteiger partial charge in [0.05, 0.1) is 64.2 Å². The number of ether oxygens (including phenoxy) is 5. The fourth-order valence-corrected chi connectivity index (χ4v) is 7.91. The number of amides is 2. The van der Waals surface area contributed by atoms with E-state index in [4.69, 9.17) is 51.7 Å². The Morgan fingerprint density at radius 2 is 1.59 bits per heavy atom. The van der Waals surface area contributed by atoms with Crippen LogP contribution in [0.25, 0.3) is 11.3 Å². The summed E-state index contributed by atoms with van der Waals surface area (Å²) < 4.78 is 56.2. The minimum Gasteiger partial charge on any atom is -0.493 e. The van der Waals surface area contributed by atoms with Gasteiger partial charge in [-0.05, 0) is 74.7 Å². The number of nitrogens with two attached hydrogens (primary N) is 2. The molecule has 324 valence electrons. The van der Waals surface area contributed by atoms with E-state index in [1.165, 1.54) is 12.1 Å². The number of pyridine rings is 1. The van der Waals surface area contributed by atoms with E-state index in [1.54, 1.807) is 4.90 Å². The van der Waals surface area contributed by atoms with Crippen molar-refractivity contribution >= 4 is 29.1 Å². The number of hydrogen-bond acceptors (Lipinski definition) is 11. The third kappa shape index (κ3) is 12.8. The first-order chi connectivity index (χ1) is 28.7. The number of benzene rings is 2. The van der Waals surface area contributed by atoms with E-state index in [9.17, 15) is 18.4 Å². The Bertz CT molecular complexity index is 1810. The average molecular weight is 845 g/mol. The third-order valence-electron chi connectivity index (χ3n) is 10.6. The minimum absolute atomic E-state index is 0.0488. The highest BCUT2D eigenvalue weighted by Gasteiger charge is 2.37. The summed E-state index contributed by atoms with van der Waals surface area (Å²) in [4.78, 5) is 38.3. The standard InChI is InChI=1S/C43H59ClF2N6O7/c1-3-32-29-51(43(54)33-11-10-31(44)26-36(33)41(45)46)16-17-52(32)40-35(27-37(49-39(40)42(48)53)34-8-5-6-9-38(34)59-4-2)30-12-15-50(28-30)14-7-18-55-20-22-57-24-25-58-23-21-56-19-13-47/h5-6,8-11,26-27,30,32,41H,3-4,7,12-25,28-29,47H2,1-2H3,(H2,48,53)/t30-,32+/m0/s1. The van der Waals surface area contributed by atoms with Gasteiger partial charge in [0.25, 0.3) is 18.2 Å². The number of nitrogens with zero attached hydrogens (tertiary/aromatic N) is 4. The van der Waals surface area contributed by atoms with Gasteiger partial charge in [0, 0.05) is 79.5 Å². The number of hydrogen-bond donors (Lipinski definition) is 2. The molecule has 2 fully saturated rings. The van der Waals surface area contributed by atoms with Crippen molar-refractivity contribution in [3.8, 4) is 17.0 Å². The fourth-order valence-electron chi connectivity index (χ4n) is 7.73. The highest BCUT2D eigenvalue weighted by molar-refractivity contribution is 6.30. The van der Waals surface area contributed by atoms with Gasteiger partial charge < -0.3 is 49.9 Å². The van der Waals surface area contributed by atoms with Crippen LogP contribution in [0.5, 0.6) is 5.75 Å². The van der Waals surface area contributed by atoms with Crippen molar-refractivity contribution in [3.63, 3.8) is 0 Å². The Hall–Kier alpha value is -3.96. The van der Waals surface area contributed by atoms with Gasteiger partial charge >= 0.3 is 0 Å². The zero-order chi connectivity index (χ0) is 42.1. The summed E-state index contributed by atoms with van der Waals surface area (Å²) >= 11 is 6.02. The number of anilines is 1. The monoisotopic (exact) mass is 844 g/mol. The van der Waals surface area contributed by atoms with E-state index < -0.39 is 23.8 Å². The minimum atomic E-state index is -2.86. The number of primary amides is 1. The molecule has 2 saturated heterocycles. The molecule has 2 aliphatic heterocycles. The molecule has 3 aromatic rings. The number of carbonyl (C=O) groups is 2. The molecule has 3 heterocycles. The van der Waals surface area contributed by atoms with Crippen molar-refractivity contribution in [2.75, 3.05) is 110 Å². The lowest BCUT2D eigenvalue weighted by Gasteiger charge is -2.44. The number of piperazine rings is 1. The van der Waals surface area contributed by atoms with Crippen LogP contribution in [-0.2, 0) is 18.9 Å². The zero-order valence-electron chi connectivity index (χ0n) is 34.2.